The number of nitrogens with zero attached hydrogens (tertiary/aromatic N) is 3. The van der Waals surface area contributed by atoms with Gasteiger partial charge in [-0.3, -0.25) is 29.1 Å². The van der Waals surface area contributed by atoms with E-state index in [0.29, 0.717) is 32.7 Å². The van der Waals surface area contributed by atoms with Gasteiger partial charge in [0, 0.05) is 0 Å². The van der Waals surface area contributed by atoms with Crippen LogP contribution in [0.3, 0.4) is 0 Å². The molecule has 1 aliphatic heterocycles. The maximum atomic E-state index is 11.4. The Labute approximate surface area is 170 Å². The topological polar surface area (TPSA) is 101 Å². The molecule has 1 rings (SSSR count). The van der Waals surface area contributed by atoms with E-state index in [9.17, 15) is 14.4 Å². The second kappa shape index (κ2) is 18.8. The minimum Gasteiger partial charge on any atom is -0.480 e. The Kier molecular flexibility index (Phi) is 19.3. The summed E-state index contributed by atoms with van der Waals surface area (Å²) in [6.45, 7) is 14.0. The van der Waals surface area contributed by atoms with Crippen LogP contribution in [-0.2, 0) is 14.4 Å². The van der Waals surface area contributed by atoms with Gasteiger partial charge in [0.15, 0.2) is 0 Å². The Balaban J connectivity index is 0. The fraction of sp³-hybridized carbons (Fsp3) is 0.850. The minimum absolute atomic E-state index is 0.00829. The lowest BCUT2D eigenvalue weighted by Gasteiger charge is -2.28. The van der Waals surface area contributed by atoms with Crippen molar-refractivity contribution in [3.8, 4) is 0 Å². The lowest BCUT2D eigenvalue weighted by molar-refractivity contribution is -0.139. The molecular formula is C20H41N3O5. The molecule has 1 aliphatic rings. The molecular weight excluding hydrogens is 362 g/mol. The predicted molar refractivity (Wildman–Crippen MR) is 112 cm³/mol. The van der Waals surface area contributed by atoms with E-state index in [1.165, 1.54) is 0 Å². The van der Waals surface area contributed by atoms with Gasteiger partial charge in [-0.05, 0) is 65.5 Å². The third kappa shape index (κ3) is 16.6. The molecule has 8 nitrogen and oxygen atoms in total. The number of hydrogen-bond acceptors (Lipinski definition) is 6. The van der Waals surface area contributed by atoms with Gasteiger partial charge in [-0.25, -0.2) is 0 Å². The summed E-state index contributed by atoms with van der Waals surface area (Å²) in [4.78, 5) is 39.2. The third-order valence-electron chi connectivity index (χ3n) is 4.01. The highest BCUT2D eigenvalue weighted by Gasteiger charge is 2.16. The summed E-state index contributed by atoms with van der Waals surface area (Å²) in [6.07, 6.45) is 2.39. The molecule has 2 N–H and O–H groups in total. The molecule has 0 aromatic rings. The highest BCUT2D eigenvalue weighted by atomic mass is 16.4. The van der Waals surface area contributed by atoms with Crippen LogP contribution in [0, 0.1) is 0 Å². The molecule has 0 atom stereocenters. The van der Waals surface area contributed by atoms with Crippen LogP contribution in [0.5, 0.6) is 0 Å². The molecule has 166 valence electrons. The molecule has 0 bridgehead atoms. The lowest BCUT2D eigenvalue weighted by atomic mass is 10.2. The molecule has 0 aliphatic carbocycles. The van der Waals surface area contributed by atoms with Crippen molar-refractivity contribution in [2.24, 2.45) is 0 Å². The van der Waals surface area contributed by atoms with Crippen LogP contribution in [-0.4, -0.2) is 102 Å². The minimum atomic E-state index is -0.856. The molecule has 1 fully saturated rings. The SMILES string of the molecule is CC.CC.CC(=O)CN1CCCN(CC(=O)O)CCCN(CC(=O)O)CCC1. The highest BCUT2D eigenvalue weighted by molar-refractivity contribution is 5.77. The van der Waals surface area contributed by atoms with E-state index in [1.54, 1.807) is 6.92 Å². The van der Waals surface area contributed by atoms with Crippen molar-refractivity contribution in [2.75, 3.05) is 58.9 Å². The first kappa shape index (κ1) is 28.7. The smallest absolute Gasteiger partial charge is 0.317 e. The van der Waals surface area contributed by atoms with E-state index in [1.807, 2.05) is 37.5 Å². The normalized spacial score (nSPS) is 17.6. The van der Waals surface area contributed by atoms with Crippen LogP contribution in [0.15, 0.2) is 0 Å². The highest BCUT2D eigenvalue weighted by Crippen LogP contribution is 2.04. The van der Waals surface area contributed by atoms with E-state index in [2.05, 4.69) is 4.90 Å². The second-order valence-corrected chi connectivity index (χ2v) is 6.38. The molecule has 0 spiro atoms. The third-order valence-corrected chi connectivity index (χ3v) is 4.01. The summed E-state index contributed by atoms with van der Waals surface area (Å²) in [5, 5.41) is 18.0. The van der Waals surface area contributed by atoms with Crippen molar-refractivity contribution < 1.29 is 24.6 Å². The zero-order chi connectivity index (χ0) is 21.9. The zero-order valence-corrected chi connectivity index (χ0v) is 18.4. The molecule has 0 unspecified atom stereocenters. The summed E-state index contributed by atoms with van der Waals surface area (Å²) >= 11 is 0. The van der Waals surface area contributed by atoms with Crippen molar-refractivity contribution in [2.45, 2.75) is 53.9 Å². The first-order chi connectivity index (χ1) is 13.4. The molecule has 28 heavy (non-hydrogen) atoms. The Bertz CT molecular complexity index is 358. The van der Waals surface area contributed by atoms with Gasteiger partial charge >= 0.3 is 11.9 Å². The summed E-state index contributed by atoms with van der Waals surface area (Å²) in [5.41, 5.74) is 0. The van der Waals surface area contributed by atoms with Crippen LogP contribution in [0.2, 0.25) is 0 Å². The number of carbonyl (C=O) groups is 3. The average molecular weight is 404 g/mol. The molecule has 0 aromatic heterocycles. The number of rotatable bonds is 6. The fourth-order valence-corrected chi connectivity index (χ4v) is 3.06. The fourth-order valence-electron chi connectivity index (χ4n) is 3.06. The molecule has 0 radical (unpaired) electrons. The van der Waals surface area contributed by atoms with Gasteiger partial charge in [0.2, 0.25) is 0 Å². The molecule has 0 saturated carbocycles. The Morgan fingerprint density at radius 3 is 1.07 bits per heavy atom. The van der Waals surface area contributed by atoms with Crippen LogP contribution < -0.4 is 0 Å². The Hall–Kier alpha value is -1.51. The van der Waals surface area contributed by atoms with Crippen molar-refractivity contribution in [1.29, 1.82) is 0 Å². The van der Waals surface area contributed by atoms with Crippen LogP contribution in [0.25, 0.3) is 0 Å². The summed E-state index contributed by atoms with van der Waals surface area (Å²) in [5.74, 6) is -1.61. The second-order valence-electron chi connectivity index (χ2n) is 6.38. The van der Waals surface area contributed by atoms with Crippen LogP contribution in [0.1, 0.15) is 53.9 Å². The van der Waals surface area contributed by atoms with Crippen molar-refractivity contribution in [3.05, 3.63) is 0 Å². The van der Waals surface area contributed by atoms with Gasteiger partial charge in [-0.15, -0.1) is 0 Å². The number of Topliss-reactive ketones (excluding diaryl/α,β-unsaturated/α-hetero) is 1. The molecule has 8 heteroatoms. The van der Waals surface area contributed by atoms with Gasteiger partial charge in [-0.1, -0.05) is 27.7 Å². The Morgan fingerprint density at radius 1 is 0.607 bits per heavy atom. The summed E-state index contributed by atoms with van der Waals surface area (Å²) < 4.78 is 0. The number of carboxylic acids is 2. The predicted octanol–water partition coefficient (Wildman–Crippen LogP) is 1.89. The van der Waals surface area contributed by atoms with Crippen molar-refractivity contribution >= 4 is 17.7 Å². The number of hydrogen-bond donors (Lipinski definition) is 2. The van der Waals surface area contributed by atoms with Gasteiger partial charge in [0.05, 0.1) is 19.6 Å². The summed E-state index contributed by atoms with van der Waals surface area (Å²) in [7, 11) is 0. The van der Waals surface area contributed by atoms with E-state index in [0.717, 1.165) is 32.4 Å². The van der Waals surface area contributed by atoms with Gasteiger partial charge in [0.25, 0.3) is 0 Å². The first-order valence-corrected chi connectivity index (χ1v) is 10.5. The van der Waals surface area contributed by atoms with Crippen LogP contribution >= 0.6 is 0 Å². The van der Waals surface area contributed by atoms with E-state index in [-0.39, 0.29) is 18.9 Å². The van der Waals surface area contributed by atoms with Gasteiger partial charge < -0.3 is 10.2 Å². The summed E-state index contributed by atoms with van der Waals surface area (Å²) in [6, 6.07) is 0. The van der Waals surface area contributed by atoms with E-state index in [4.69, 9.17) is 10.2 Å². The maximum absolute atomic E-state index is 11.4. The quantitative estimate of drug-likeness (QED) is 0.693. The molecule has 0 aromatic carbocycles. The maximum Gasteiger partial charge on any atom is 0.317 e. The average Bonchev–Trinajstić information content (AvgIpc) is 2.62. The van der Waals surface area contributed by atoms with Crippen molar-refractivity contribution in [3.63, 3.8) is 0 Å². The van der Waals surface area contributed by atoms with Crippen molar-refractivity contribution in [1.82, 2.24) is 14.7 Å². The van der Waals surface area contributed by atoms with E-state index >= 15 is 0 Å². The molecule has 1 heterocycles. The van der Waals surface area contributed by atoms with Gasteiger partial charge in [0.1, 0.15) is 5.78 Å². The number of aliphatic carboxylic acids is 2. The largest absolute Gasteiger partial charge is 0.480 e. The lowest BCUT2D eigenvalue weighted by Crippen LogP contribution is -2.40. The number of carboxylic acid groups (broad SMARTS) is 2. The number of ketones is 1. The van der Waals surface area contributed by atoms with Crippen LogP contribution in [0.4, 0.5) is 0 Å². The van der Waals surface area contributed by atoms with Gasteiger partial charge in [-0.2, -0.15) is 0 Å². The Morgan fingerprint density at radius 2 is 0.857 bits per heavy atom. The number of carbonyl (C=O) groups excluding carboxylic acids is 1. The zero-order valence-electron chi connectivity index (χ0n) is 18.4. The standard InChI is InChI=1S/C16H29N3O5.2C2H6/c1-14(20)11-17-5-2-7-18(12-15(21)22)9-4-10-19(8-3-6-17)13-16(23)24;2*1-2/h2-13H2,1H3,(H,21,22)(H,23,24);2*1-2H3. The van der Waals surface area contributed by atoms with E-state index < -0.39 is 11.9 Å². The molecule has 0 amide bonds. The first-order valence-electron chi connectivity index (χ1n) is 10.5. The monoisotopic (exact) mass is 403 g/mol. The molecule has 1 saturated heterocycles.